The van der Waals surface area contributed by atoms with Crippen LogP contribution in [0, 0.1) is 5.92 Å². The van der Waals surface area contributed by atoms with Gasteiger partial charge in [-0.2, -0.15) is 0 Å². The summed E-state index contributed by atoms with van der Waals surface area (Å²) in [5, 5.41) is 3.87. The minimum absolute atomic E-state index is 0.0205. The van der Waals surface area contributed by atoms with E-state index in [-0.39, 0.29) is 23.5 Å². The van der Waals surface area contributed by atoms with Crippen molar-refractivity contribution in [3.8, 4) is 11.3 Å². The van der Waals surface area contributed by atoms with E-state index < -0.39 is 0 Å². The number of rotatable bonds is 5. The zero-order valence-electron chi connectivity index (χ0n) is 18.5. The van der Waals surface area contributed by atoms with E-state index in [4.69, 9.17) is 27.6 Å². The van der Waals surface area contributed by atoms with E-state index in [2.05, 4.69) is 10.2 Å². The molecule has 172 valence electrons. The van der Waals surface area contributed by atoms with Crippen molar-refractivity contribution in [3.63, 3.8) is 0 Å². The summed E-state index contributed by atoms with van der Waals surface area (Å²) in [6, 6.07) is 16.0. The van der Waals surface area contributed by atoms with E-state index in [1.54, 1.807) is 30.3 Å². The van der Waals surface area contributed by atoms with Crippen molar-refractivity contribution in [2.75, 3.05) is 36.4 Å². The lowest BCUT2D eigenvalue weighted by Gasteiger charge is -2.37. The number of amides is 2. The van der Waals surface area contributed by atoms with Crippen LogP contribution in [-0.4, -0.2) is 42.9 Å². The Bertz CT molecular complexity index is 1150. The smallest absolute Gasteiger partial charge is 0.291 e. The molecule has 4 rings (SSSR count). The molecule has 1 N–H and O–H groups in total. The van der Waals surface area contributed by atoms with Crippen molar-refractivity contribution in [3.05, 3.63) is 70.4 Å². The third kappa shape index (κ3) is 5.34. The zero-order valence-corrected chi connectivity index (χ0v) is 20.0. The fraction of sp³-hybridized carbons (Fsp3) is 0.280. The molecule has 0 unspecified atom stereocenters. The topological polar surface area (TPSA) is 65.8 Å². The summed E-state index contributed by atoms with van der Waals surface area (Å²) in [5.41, 5.74) is 2.35. The second-order valence-electron chi connectivity index (χ2n) is 8.26. The van der Waals surface area contributed by atoms with E-state index in [1.807, 2.05) is 43.0 Å². The van der Waals surface area contributed by atoms with Gasteiger partial charge in [-0.15, -0.1) is 0 Å². The van der Waals surface area contributed by atoms with Gasteiger partial charge >= 0.3 is 0 Å². The third-order valence-electron chi connectivity index (χ3n) is 5.60. The van der Waals surface area contributed by atoms with Crippen LogP contribution in [0.5, 0.6) is 0 Å². The highest BCUT2D eigenvalue weighted by molar-refractivity contribution is 6.35. The number of anilines is 2. The number of nitrogens with one attached hydrogen (secondary N) is 1. The standard InChI is InChI=1S/C25H25Cl2N3O3/c1-16(2)25(32)30-13-11-29(12-14-30)19-6-4-18(5-7-19)28-24(31)23-10-9-22(33-23)20-15-17(26)3-8-21(20)27/h3-10,15-16H,11-14H2,1-2H3,(H,28,31). The second-order valence-corrected chi connectivity index (χ2v) is 9.10. The zero-order chi connectivity index (χ0) is 23.5. The molecule has 6 nitrogen and oxygen atoms in total. The van der Waals surface area contributed by atoms with Crippen LogP contribution in [0.3, 0.4) is 0 Å². The SMILES string of the molecule is CC(C)C(=O)N1CCN(c2ccc(NC(=O)c3ccc(-c4cc(Cl)ccc4Cl)o3)cc2)CC1. The third-order valence-corrected chi connectivity index (χ3v) is 6.16. The number of benzene rings is 2. The minimum atomic E-state index is -0.354. The van der Waals surface area contributed by atoms with Gasteiger partial charge in [-0.05, 0) is 54.6 Å². The van der Waals surface area contributed by atoms with Crippen LogP contribution in [0.25, 0.3) is 11.3 Å². The largest absolute Gasteiger partial charge is 0.451 e. The maximum atomic E-state index is 12.6. The molecule has 0 saturated carbocycles. The Balaban J connectivity index is 1.37. The first kappa shape index (κ1) is 23.2. The van der Waals surface area contributed by atoms with Crippen molar-refractivity contribution >= 4 is 46.4 Å². The number of hydrogen-bond donors (Lipinski definition) is 1. The number of furan rings is 1. The van der Waals surface area contributed by atoms with E-state index in [9.17, 15) is 9.59 Å². The molecule has 1 saturated heterocycles. The van der Waals surface area contributed by atoms with Crippen LogP contribution in [0.2, 0.25) is 10.0 Å². The van der Waals surface area contributed by atoms with Crippen molar-refractivity contribution in [1.29, 1.82) is 0 Å². The van der Waals surface area contributed by atoms with Gasteiger partial charge in [0.15, 0.2) is 5.76 Å². The molecule has 1 fully saturated rings. The van der Waals surface area contributed by atoms with Crippen LogP contribution in [-0.2, 0) is 4.79 Å². The summed E-state index contributed by atoms with van der Waals surface area (Å²) in [7, 11) is 0. The molecule has 1 aromatic heterocycles. The predicted octanol–water partition coefficient (Wildman–Crippen LogP) is 5.81. The molecule has 33 heavy (non-hydrogen) atoms. The Morgan fingerprint density at radius 2 is 1.64 bits per heavy atom. The molecular weight excluding hydrogens is 461 g/mol. The van der Waals surface area contributed by atoms with Crippen LogP contribution < -0.4 is 10.2 Å². The van der Waals surface area contributed by atoms with Crippen molar-refractivity contribution < 1.29 is 14.0 Å². The molecule has 2 amide bonds. The maximum absolute atomic E-state index is 12.6. The maximum Gasteiger partial charge on any atom is 0.291 e. The van der Waals surface area contributed by atoms with Crippen LogP contribution in [0.15, 0.2) is 59.0 Å². The van der Waals surface area contributed by atoms with Crippen LogP contribution >= 0.6 is 23.2 Å². The Hall–Kier alpha value is -2.96. The average molecular weight is 486 g/mol. The number of carbonyl (C=O) groups excluding carboxylic acids is 2. The molecule has 0 spiro atoms. The van der Waals surface area contributed by atoms with Crippen molar-refractivity contribution in [2.24, 2.45) is 5.92 Å². The Labute approximate surface area is 203 Å². The van der Waals surface area contributed by atoms with E-state index in [0.29, 0.717) is 40.1 Å². The highest BCUT2D eigenvalue weighted by Gasteiger charge is 2.23. The van der Waals surface area contributed by atoms with Gasteiger partial charge in [-0.25, -0.2) is 0 Å². The Kier molecular flexibility index (Phi) is 6.96. The van der Waals surface area contributed by atoms with Gasteiger partial charge in [0.05, 0.1) is 5.02 Å². The molecule has 0 atom stereocenters. The monoisotopic (exact) mass is 485 g/mol. The molecule has 8 heteroatoms. The first-order chi connectivity index (χ1) is 15.8. The molecule has 0 radical (unpaired) electrons. The van der Waals surface area contributed by atoms with Gasteiger partial charge in [0.1, 0.15) is 5.76 Å². The van der Waals surface area contributed by atoms with Crippen molar-refractivity contribution in [1.82, 2.24) is 4.90 Å². The summed E-state index contributed by atoms with van der Waals surface area (Å²) in [4.78, 5) is 29.0. The molecule has 1 aliphatic heterocycles. The molecule has 0 bridgehead atoms. The number of carbonyl (C=O) groups is 2. The lowest BCUT2D eigenvalue weighted by molar-refractivity contribution is -0.134. The summed E-state index contributed by atoms with van der Waals surface area (Å²) >= 11 is 12.3. The first-order valence-electron chi connectivity index (χ1n) is 10.8. The highest BCUT2D eigenvalue weighted by atomic mass is 35.5. The first-order valence-corrected chi connectivity index (χ1v) is 11.6. The van der Waals surface area contributed by atoms with E-state index in [0.717, 1.165) is 18.8 Å². The predicted molar refractivity (Wildman–Crippen MR) is 132 cm³/mol. The second kappa shape index (κ2) is 9.89. The number of hydrogen-bond acceptors (Lipinski definition) is 4. The normalized spacial score (nSPS) is 14.0. The number of piperazine rings is 1. The quantitative estimate of drug-likeness (QED) is 0.494. The number of nitrogens with zero attached hydrogens (tertiary/aromatic N) is 2. The Morgan fingerprint density at radius 1 is 0.939 bits per heavy atom. The molecule has 2 heterocycles. The lowest BCUT2D eigenvalue weighted by atomic mass is 10.1. The molecule has 3 aromatic rings. The van der Waals surface area contributed by atoms with Gasteiger partial charge < -0.3 is 19.5 Å². The fourth-order valence-corrected chi connectivity index (χ4v) is 4.17. The molecular formula is C25H25Cl2N3O3. The number of halogens is 2. The summed E-state index contributed by atoms with van der Waals surface area (Å²) in [6.07, 6.45) is 0. The van der Waals surface area contributed by atoms with Crippen LogP contribution in [0.1, 0.15) is 24.4 Å². The lowest BCUT2D eigenvalue weighted by Crippen LogP contribution is -2.49. The fourth-order valence-electron chi connectivity index (χ4n) is 3.79. The van der Waals surface area contributed by atoms with E-state index in [1.165, 1.54) is 0 Å². The minimum Gasteiger partial charge on any atom is -0.451 e. The molecule has 0 aliphatic carbocycles. The van der Waals surface area contributed by atoms with Crippen molar-refractivity contribution in [2.45, 2.75) is 13.8 Å². The Morgan fingerprint density at radius 3 is 2.30 bits per heavy atom. The summed E-state index contributed by atoms with van der Waals surface area (Å²) in [6.45, 7) is 6.85. The van der Waals surface area contributed by atoms with E-state index >= 15 is 0 Å². The van der Waals surface area contributed by atoms with Gasteiger partial charge in [-0.1, -0.05) is 37.0 Å². The van der Waals surface area contributed by atoms with Gasteiger partial charge in [0.25, 0.3) is 5.91 Å². The van der Waals surface area contributed by atoms with Gasteiger partial charge in [-0.3, -0.25) is 9.59 Å². The molecule has 2 aromatic carbocycles. The summed E-state index contributed by atoms with van der Waals surface area (Å²) < 4.78 is 5.71. The molecule has 1 aliphatic rings. The van der Waals surface area contributed by atoms with Crippen LogP contribution in [0.4, 0.5) is 11.4 Å². The highest BCUT2D eigenvalue weighted by Crippen LogP contribution is 2.32. The summed E-state index contributed by atoms with van der Waals surface area (Å²) in [5.74, 6) is 0.515. The average Bonchev–Trinajstić information content (AvgIpc) is 3.31. The van der Waals surface area contributed by atoms with Gasteiger partial charge in [0, 0.05) is 54.1 Å². The van der Waals surface area contributed by atoms with Gasteiger partial charge in [0.2, 0.25) is 5.91 Å².